The highest BCUT2D eigenvalue weighted by molar-refractivity contribution is 5.92. The molecule has 0 amide bonds. The van der Waals surface area contributed by atoms with Gasteiger partial charge in [0, 0.05) is 0 Å². The zero-order chi connectivity index (χ0) is 18.3. The Hall–Kier alpha value is -3.48. The van der Waals surface area contributed by atoms with E-state index < -0.39 is 5.97 Å². The molecule has 4 rings (SSSR count). The summed E-state index contributed by atoms with van der Waals surface area (Å²) in [7, 11) is 3.15. The highest BCUT2D eigenvalue weighted by Gasteiger charge is 2.27. The van der Waals surface area contributed by atoms with Crippen LogP contribution in [0.3, 0.4) is 0 Å². The minimum absolute atomic E-state index is 0.0904. The van der Waals surface area contributed by atoms with Gasteiger partial charge in [-0.15, -0.1) is 0 Å². The van der Waals surface area contributed by atoms with Crippen molar-refractivity contribution < 1.29 is 19.4 Å². The number of hydrogen-bond donors (Lipinski definition) is 2. The van der Waals surface area contributed by atoms with E-state index in [9.17, 15) is 9.90 Å². The lowest BCUT2D eigenvalue weighted by atomic mass is 10.0. The fourth-order valence-corrected chi connectivity index (χ4v) is 3.22. The Balaban J connectivity index is 1.93. The molecule has 0 saturated carbocycles. The fraction of sp³-hybridized carbons (Fsp3) is 0.158. The maximum absolute atomic E-state index is 11.6. The van der Waals surface area contributed by atoms with Crippen molar-refractivity contribution in [2.45, 2.75) is 6.04 Å². The number of imidazole rings is 1. The van der Waals surface area contributed by atoms with E-state index in [1.807, 2.05) is 47.0 Å². The number of fused-ring (bicyclic) bond motifs is 3. The molecule has 0 aliphatic carbocycles. The first kappa shape index (κ1) is 16.0. The van der Waals surface area contributed by atoms with E-state index in [0.717, 1.165) is 16.6 Å². The number of carboxylic acid groups (broad SMARTS) is 1. The number of anilines is 1. The number of aliphatic carboxylic acids is 1. The lowest BCUT2D eigenvalue weighted by molar-refractivity contribution is -0.132. The number of aromatic nitrogens is 2. The number of methoxy groups -OCH3 is 2. The average Bonchev–Trinajstić information content (AvgIpc) is 3.05. The molecule has 2 heterocycles. The first-order valence-corrected chi connectivity index (χ1v) is 8.03. The van der Waals surface area contributed by atoms with Crippen LogP contribution in [0.1, 0.15) is 11.6 Å². The van der Waals surface area contributed by atoms with Crippen molar-refractivity contribution in [2.75, 3.05) is 19.5 Å². The molecular weight excluding hydrogens is 334 g/mol. The standard InChI is InChI=1S/C19H17N3O4/c1-25-16-8-7-11(9-17(16)26-2)15-10-13(18(23)24)21-19-20-12-5-3-4-6-14(12)22(15)19/h3-10,15H,1-2H3,(H,20,21)(H,23,24)/t15-/m0/s1. The second kappa shape index (κ2) is 6.11. The van der Waals surface area contributed by atoms with Crippen LogP contribution >= 0.6 is 0 Å². The van der Waals surface area contributed by atoms with Gasteiger partial charge in [-0.05, 0) is 35.9 Å². The van der Waals surface area contributed by atoms with Crippen molar-refractivity contribution in [1.29, 1.82) is 0 Å². The second-order valence-electron chi connectivity index (χ2n) is 5.86. The molecule has 26 heavy (non-hydrogen) atoms. The SMILES string of the molecule is COc1ccc([C@@H]2C=C(C(=O)O)Nc3nc4ccccc4n32)cc1OC. The van der Waals surface area contributed by atoms with Crippen molar-refractivity contribution in [3.63, 3.8) is 0 Å². The summed E-state index contributed by atoms with van der Waals surface area (Å²) in [5.74, 6) is 0.655. The number of carbonyl (C=O) groups is 1. The molecule has 132 valence electrons. The van der Waals surface area contributed by atoms with Crippen molar-refractivity contribution in [3.05, 3.63) is 59.8 Å². The molecule has 7 nitrogen and oxygen atoms in total. The van der Waals surface area contributed by atoms with Gasteiger partial charge in [0.05, 0.1) is 31.3 Å². The molecule has 0 radical (unpaired) electrons. The molecule has 2 N–H and O–H groups in total. The van der Waals surface area contributed by atoms with Gasteiger partial charge in [-0.3, -0.25) is 4.57 Å². The molecule has 0 fully saturated rings. The number of ether oxygens (including phenoxy) is 2. The van der Waals surface area contributed by atoms with Crippen LogP contribution in [0.15, 0.2) is 54.2 Å². The molecule has 0 unspecified atom stereocenters. The van der Waals surface area contributed by atoms with E-state index in [0.29, 0.717) is 17.4 Å². The van der Waals surface area contributed by atoms with Crippen molar-refractivity contribution in [3.8, 4) is 11.5 Å². The zero-order valence-corrected chi connectivity index (χ0v) is 14.3. The van der Waals surface area contributed by atoms with Crippen molar-refractivity contribution >= 4 is 23.0 Å². The summed E-state index contributed by atoms with van der Waals surface area (Å²) in [6, 6.07) is 12.9. The average molecular weight is 351 g/mol. The van der Waals surface area contributed by atoms with Crippen molar-refractivity contribution in [1.82, 2.24) is 9.55 Å². The van der Waals surface area contributed by atoms with E-state index >= 15 is 0 Å². The molecule has 1 aliphatic rings. The van der Waals surface area contributed by atoms with Crippen LogP contribution < -0.4 is 14.8 Å². The van der Waals surface area contributed by atoms with Gasteiger partial charge < -0.3 is 19.9 Å². The summed E-state index contributed by atoms with van der Waals surface area (Å²) < 4.78 is 12.7. The number of benzene rings is 2. The first-order chi connectivity index (χ1) is 12.6. The molecule has 1 aromatic heterocycles. The van der Waals surface area contributed by atoms with Gasteiger partial charge in [0.1, 0.15) is 5.70 Å². The maximum Gasteiger partial charge on any atom is 0.352 e. The van der Waals surface area contributed by atoms with Gasteiger partial charge in [0.15, 0.2) is 11.5 Å². The van der Waals surface area contributed by atoms with E-state index in [1.54, 1.807) is 20.3 Å². The van der Waals surface area contributed by atoms with Crippen molar-refractivity contribution in [2.24, 2.45) is 0 Å². The lowest BCUT2D eigenvalue weighted by Crippen LogP contribution is -2.23. The summed E-state index contributed by atoms with van der Waals surface area (Å²) in [4.78, 5) is 16.1. The summed E-state index contributed by atoms with van der Waals surface area (Å²) in [5, 5.41) is 12.4. The Morgan fingerprint density at radius 2 is 1.92 bits per heavy atom. The number of rotatable bonds is 4. The number of hydrogen-bond acceptors (Lipinski definition) is 5. The molecule has 1 aliphatic heterocycles. The topological polar surface area (TPSA) is 85.6 Å². The quantitative estimate of drug-likeness (QED) is 0.751. The molecule has 7 heteroatoms. The molecule has 1 atom stereocenters. The predicted octanol–water partition coefficient (Wildman–Crippen LogP) is 3.04. The fourth-order valence-electron chi connectivity index (χ4n) is 3.22. The highest BCUT2D eigenvalue weighted by Crippen LogP contribution is 2.37. The van der Waals surface area contributed by atoms with Crippen LogP contribution in [0.2, 0.25) is 0 Å². The van der Waals surface area contributed by atoms with Gasteiger partial charge in [-0.25, -0.2) is 9.78 Å². The zero-order valence-electron chi connectivity index (χ0n) is 14.3. The Morgan fingerprint density at radius 1 is 1.15 bits per heavy atom. The third kappa shape index (κ3) is 2.45. The third-order valence-electron chi connectivity index (χ3n) is 4.42. The Kier molecular flexibility index (Phi) is 3.76. The van der Waals surface area contributed by atoms with Gasteiger partial charge in [-0.2, -0.15) is 0 Å². The van der Waals surface area contributed by atoms with Gasteiger partial charge in [0.2, 0.25) is 5.95 Å². The monoisotopic (exact) mass is 351 g/mol. The number of allylic oxidation sites excluding steroid dienone is 1. The smallest absolute Gasteiger partial charge is 0.352 e. The van der Waals surface area contributed by atoms with E-state index in [4.69, 9.17) is 9.47 Å². The first-order valence-electron chi connectivity index (χ1n) is 8.03. The molecule has 0 saturated heterocycles. The van der Waals surface area contributed by atoms with E-state index in [2.05, 4.69) is 10.3 Å². The number of para-hydroxylation sites is 2. The Morgan fingerprint density at radius 3 is 2.65 bits per heavy atom. The summed E-state index contributed by atoms with van der Waals surface area (Å²) in [6.45, 7) is 0. The minimum atomic E-state index is -1.03. The number of carboxylic acids is 1. The van der Waals surface area contributed by atoms with Crippen LogP contribution in [-0.4, -0.2) is 34.8 Å². The summed E-state index contributed by atoms with van der Waals surface area (Å²) >= 11 is 0. The normalized spacial score (nSPS) is 15.8. The van der Waals surface area contributed by atoms with E-state index in [-0.39, 0.29) is 11.7 Å². The van der Waals surface area contributed by atoms with Crippen LogP contribution in [0.5, 0.6) is 11.5 Å². The Bertz CT molecular complexity index is 1040. The number of nitrogens with one attached hydrogen (secondary N) is 1. The maximum atomic E-state index is 11.6. The molecule has 2 aromatic carbocycles. The van der Waals surface area contributed by atoms with Crippen LogP contribution in [-0.2, 0) is 4.79 Å². The van der Waals surface area contributed by atoms with Crippen LogP contribution in [0, 0.1) is 0 Å². The molecule has 0 bridgehead atoms. The van der Waals surface area contributed by atoms with Crippen LogP contribution in [0.25, 0.3) is 11.0 Å². The molecular formula is C19H17N3O4. The third-order valence-corrected chi connectivity index (χ3v) is 4.42. The molecule has 3 aromatic rings. The minimum Gasteiger partial charge on any atom is -0.493 e. The number of nitrogens with zero attached hydrogens (tertiary/aromatic N) is 2. The highest BCUT2D eigenvalue weighted by atomic mass is 16.5. The molecule has 0 spiro atoms. The summed E-state index contributed by atoms with van der Waals surface area (Å²) in [6.07, 6.45) is 1.67. The van der Waals surface area contributed by atoms with Gasteiger partial charge in [0.25, 0.3) is 0 Å². The van der Waals surface area contributed by atoms with Gasteiger partial charge in [-0.1, -0.05) is 18.2 Å². The lowest BCUT2D eigenvalue weighted by Gasteiger charge is -2.25. The summed E-state index contributed by atoms with van der Waals surface area (Å²) in [5.41, 5.74) is 2.66. The van der Waals surface area contributed by atoms with Gasteiger partial charge >= 0.3 is 5.97 Å². The largest absolute Gasteiger partial charge is 0.493 e. The second-order valence-corrected chi connectivity index (χ2v) is 5.86. The Labute approximate surface area is 149 Å². The van der Waals surface area contributed by atoms with Crippen LogP contribution in [0.4, 0.5) is 5.95 Å². The predicted molar refractivity (Wildman–Crippen MR) is 96.8 cm³/mol. The van der Waals surface area contributed by atoms with E-state index in [1.165, 1.54) is 0 Å².